The fraction of sp³-hybridized carbons (Fsp3) is 0.923. The highest BCUT2D eigenvalue weighted by Gasteiger charge is 2.30. The van der Waals surface area contributed by atoms with Gasteiger partial charge in [-0.25, -0.2) is 0 Å². The minimum Gasteiger partial charge on any atom is -0.480 e. The number of likely N-dealkylation sites (N-methyl/N-ethyl adjacent to an activating group) is 1. The molecule has 108 valence electrons. The first-order chi connectivity index (χ1) is 8.56. The van der Waals surface area contributed by atoms with E-state index in [1.807, 2.05) is 6.92 Å². The lowest BCUT2D eigenvalue weighted by molar-refractivity contribution is -0.144. The molecule has 5 nitrogen and oxygen atoms in total. The maximum Gasteiger partial charge on any atom is 0.323 e. The smallest absolute Gasteiger partial charge is 0.323 e. The second-order valence-corrected chi connectivity index (χ2v) is 4.50. The zero-order valence-electron chi connectivity index (χ0n) is 11.8. The molecule has 0 heterocycles. The molecule has 0 spiro atoms. The largest absolute Gasteiger partial charge is 0.480 e. The van der Waals surface area contributed by atoms with Crippen LogP contribution in [0, 0.1) is 0 Å². The maximum atomic E-state index is 11.1. The highest BCUT2D eigenvalue weighted by atomic mass is 16.5. The highest BCUT2D eigenvalue weighted by Crippen LogP contribution is 2.12. The molecule has 0 aliphatic heterocycles. The lowest BCUT2D eigenvalue weighted by Crippen LogP contribution is -2.49. The van der Waals surface area contributed by atoms with E-state index in [-0.39, 0.29) is 0 Å². The standard InChI is InChI=1S/C13H27NO4/c1-4-8-17-10-11-18-9-6-7-13(3,12(15)16)14-5-2/h14H,4-11H2,1-3H3,(H,15,16). The van der Waals surface area contributed by atoms with Crippen molar-refractivity contribution in [2.45, 2.75) is 45.6 Å². The highest BCUT2D eigenvalue weighted by molar-refractivity contribution is 5.78. The summed E-state index contributed by atoms with van der Waals surface area (Å²) in [7, 11) is 0. The van der Waals surface area contributed by atoms with Crippen molar-refractivity contribution in [1.82, 2.24) is 5.32 Å². The quantitative estimate of drug-likeness (QED) is 0.523. The van der Waals surface area contributed by atoms with Gasteiger partial charge in [-0.2, -0.15) is 0 Å². The SMILES string of the molecule is CCCOCCOCCCC(C)(NCC)C(=O)O. The van der Waals surface area contributed by atoms with Crippen molar-refractivity contribution in [1.29, 1.82) is 0 Å². The van der Waals surface area contributed by atoms with E-state index in [9.17, 15) is 4.79 Å². The maximum absolute atomic E-state index is 11.1. The number of carboxylic acids is 1. The number of carboxylic acid groups (broad SMARTS) is 1. The molecule has 0 aromatic heterocycles. The minimum absolute atomic E-state index is 0.561. The first-order valence-corrected chi connectivity index (χ1v) is 6.70. The molecule has 0 aliphatic rings. The Bertz CT molecular complexity index is 223. The van der Waals surface area contributed by atoms with E-state index >= 15 is 0 Å². The van der Waals surface area contributed by atoms with E-state index < -0.39 is 11.5 Å². The Kier molecular flexibility index (Phi) is 9.92. The molecule has 0 aromatic carbocycles. The number of hydrogen-bond acceptors (Lipinski definition) is 4. The molecule has 1 unspecified atom stereocenters. The fourth-order valence-corrected chi connectivity index (χ4v) is 1.66. The van der Waals surface area contributed by atoms with Crippen LogP contribution in [0.3, 0.4) is 0 Å². The third-order valence-corrected chi connectivity index (χ3v) is 2.72. The zero-order valence-corrected chi connectivity index (χ0v) is 11.8. The fourth-order valence-electron chi connectivity index (χ4n) is 1.66. The summed E-state index contributed by atoms with van der Waals surface area (Å²) < 4.78 is 10.7. The van der Waals surface area contributed by atoms with Crippen LogP contribution >= 0.6 is 0 Å². The Balaban J connectivity index is 3.59. The first kappa shape index (κ1) is 17.4. The van der Waals surface area contributed by atoms with Crippen LogP contribution in [0.4, 0.5) is 0 Å². The van der Waals surface area contributed by atoms with E-state index in [0.29, 0.717) is 32.8 Å². The third kappa shape index (κ3) is 7.63. The minimum atomic E-state index is -0.850. The lowest BCUT2D eigenvalue weighted by Gasteiger charge is -2.25. The summed E-state index contributed by atoms with van der Waals surface area (Å²) in [5.74, 6) is -0.810. The summed E-state index contributed by atoms with van der Waals surface area (Å²) in [4.78, 5) is 11.1. The van der Waals surface area contributed by atoms with Gasteiger partial charge in [0.15, 0.2) is 0 Å². The number of carbonyl (C=O) groups is 1. The molecule has 0 bridgehead atoms. The molecule has 0 aliphatic carbocycles. The van der Waals surface area contributed by atoms with Crippen LogP contribution in [-0.4, -0.2) is 49.6 Å². The molecular formula is C13H27NO4. The predicted molar refractivity (Wildman–Crippen MR) is 70.9 cm³/mol. The van der Waals surface area contributed by atoms with Crippen molar-refractivity contribution in [2.75, 3.05) is 33.0 Å². The monoisotopic (exact) mass is 261 g/mol. The number of nitrogens with one attached hydrogen (secondary N) is 1. The molecular weight excluding hydrogens is 234 g/mol. The first-order valence-electron chi connectivity index (χ1n) is 6.70. The lowest BCUT2D eigenvalue weighted by atomic mass is 9.96. The van der Waals surface area contributed by atoms with E-state index in [1.54, 1.807) is 6.92 Å². The van der Waals surface area contributed by atoms with Gasteiger partial charge in [-0.1, -0.05) is 13.8 Å². The molecule has 1 atom stereocenters. The topological polar surface area (TPSA) is 67.8 Å². The van der Waals surface area contributed by atoms with Crippen molar-refractivity contribution in [3.05, 3.63) is 0 Å². The van der Waals surface area contributed by atoms with Gasteiger partial charge in [-0.05, 0) is 32.7 Å². The molecule has 18 heavy (non-hydrogen) atoms. The summed E-state index contributed by atoms with van der Waals surface area (Å²) >= 11 is 0. The third-order valence-electron chi connectivity index (χ3n) is 2.72. The van der Waals surface area contributed by atoms with Crippen molar-refractivity contribution < 1.29 is 19.4 Å². The van der Waals surface area contributed by atoms with Gasteiger partial charge in [-0.15, -0.1) is 0 Å². The van der Waals surface area contributed by atoms with Crippen LogP contribution in [0.5, 0.6) is 0 Å². The Labute approximate surface area is 110 Å². The Morgan fingerprint density at radius 3 is 2.28 bits per heavy atom. The molecule has 0 saturated heterocycles. The second kappa shape index (κ2) is 10.3. The summed E-state index contributed by atoms with van der Waals surface area (Å²) in [6.45, 7) is 8.85. The van der Waals surface area contributed by atoms with Gasteiger partial charge in [0.2, 0.25) is 0 Å². The van der Waals surface area contributed by atoms with Gasteiger partial charge in [0.1, 0.15) is 5.54 Å². The van der Waals surface area contributed by atoms with Gasteiger partial charge in [0.25, 0.3) is 0 Å². The van der Waals surface area contributed by atoms with Crippen LogP contribution < -0.4 is 5.32 Å². The van der Waals surface area contributed by atoms with Crippen LogP contribution in [0.25, 0.3) is 0 Å². The van der Waals surface area contributed by atoms with Gasteiger partial charge >= 0.3 is 5.97 Å². The number of ether oxygens (including phenoxy) is 2. The van der Waals surface area contributed by atoms with E-state index in [0.717, 1.165) is 19.4 Å². The molecule has 5 heteroatoms. The average Bonchev–Trinajstić information content (AvgIpc) is 2.33. The summed E-state index contributed by atoms with van der Waals surface area (Å²) in [6, 6.07) is 0. The zero-order chi connectivity index (χ0) is 13.9. The Hall–Kier alpha value is -0.650. The van der Waals surface area contributed by atoms with E-state index in [1.165, 1.54) is 0 Å². The Morgan fingerprint density at radius 2 is 1.78 bits per heavy atom. The number of aliphatic carboxylic acids is 1. The van der Waals surface area contributed by atoms with Crippen LogP contribution in [0.2, 0.25) is 0 Å². The van der Waals surface area contributed by atoms with Crippen LogP contribution in [-0.2, 0) is 14.3 Å². The van der Waals surface area contributed by atoms with Gasteiger partial charge in [-0.3, -0.25) is 4.79 Å². The van der Waals surface area contributed by atoms with Gasteiger partial charge < -0.3 is 19.9 Å². The second-order valence-electron chi connectivity index (χ2n) is 4.50. The molecule has 0 radical (unpaired) electrons. The van der Waals surface area contributed by atoms with Gasteiger partial charge in [0.05, 0.1) is 13.2 Å². The predicted octanol–water partition coefficient (Wildman–Crippen LogP) is 1.66. The average molecular weight is 261 g/mol. The molecule has 0 saturated carbocycles. The normalized spacial score (nSPS) is 14.4. The summed E-state index contributed by atoms with van der Waals surface area (Å²) in [5.41, 5.74) is -0.850. The van der Waals surface area contributed by atoms with Crippen molar-refractivity contribution in [3.63, 3.8) is 0 Å². The molecule has 0 fully saturated rings. The Morgan fingerprint density at radius 1 is 1.17 bits per heavy atom. The van der Waals surface area contributed by atoms with Crippen molar-refractivity contribution in [3.8, 4) is 0 Å². The summed E-state index contributed by atoms with van der Waals surface area (Å²) in [6.07, 6.45) is 2.30. The molecule has 0 rings (SSSR count). The number of rotatable bonds is 12. The number of hydrogen-bond donors (Lipinski definition) is 2. The molecule has 0 aromatic rings. The van der Waals surface area contributed by atoms with E-state index in [2.05, 4.69) is 12.2 Å². The van der Waals surface area contributed by atoms with Gasteiger partial charge in [0, 0.05) is 13.2 Å². The molecule has 0 amide bonds. The van der Waals surface area contributed by atoms with Crippen molar-refractivity contribution >= 4 is 5.97 Å². The summed E-state index contributed by atoms with van der Waals surface area (Å²) in [5, 5.41) is 12.1. The van der Waals surface area contributed by atoms with E-state index in [4.69, 9.17) is 14.6 Å². The van der Waals surface area contributed by atoms with Crippen LogP contribution in [0.15, 0.2) is 0 Å². The molecule has 2 N–H and O–H groups in total. The van der Waals surface area contributed by atoms with Crippen LogP contribution in [0.1, 0.15) is 40.0 Å². The van der Waals surface area contributed by atoms with Crippen molar-refractivity contribution in [2.24, 2.45) is 0 Å².